The van der Waals surface area contributed by atoms with Gasteiger partial charge in [-0.3, -0.25) is 15.1 Å². The summed E-state index contributed by atoms with van der Waals surface area (Å²) in [5.74, 6) is 0. The van der Waals surface area contributed by atoms with Gasteiger partial charge in [-0.15, -0.1) is 11.3 Å². The number of benzene rings is 2. The lowest BCUT2D eigenvalue weighted by molar-refractivity contribution is -0.385. The predicted octanol–water partition coefficient (Wildman–Crippen LogP) is 5.80. The van der Waals surface area contributed by atoms with E-state index in [0.29, 0.717) is 23.4 Å². The fourth-order valence-corrected chi connectivity index (χ4v) is 3.88. The topological polar surface area (TPSA) is 72.8 Å². The van der Waals surface area contributed by atoms with E-state index in [1.54, 1.807) is 19.1 Å². The van der Waals surface area contributed by atoms with E-state index in [1.807, 2.05) is 30.0 Å². The third-order valence-corrected chi connectivity index (χ3v) is 5.90. The SMILES string of the molecule is C=C(C)CN=c1scc(-c2ccc(C)c(C)c2)n1N=C(C)c1ccc(C)c([N+](=O)[O-])c1. The summed E-state index contributed by atoms with van der Waals surface area (Å²) in [7, 11) is 0. The first-order valence-corrected chi connectivity index (χ1v) is 10.8. The lowest BCUT2D eigenvalue weighted by Gasteiger charge is -2.09. The second-order valence-corrected chi connectivity index (χ2v) is 8.57. The van der Waals surface area contributed by atoms with E-state index in [4.69, 9.17) is 5.10 Å². The van der Waals surface area contributed by atoms with Crippen LogP contribution >= 0.6 is 11.3 Å². The first-order chi connectivity index (χ1) is 14.7. The van der Waals surface area contributed by atoms with Gasteiger partial charge in [0.15, 0.2) is 0 Å². The number of nitro benzene ring substituents is 1. The molecule has 0 saturated heterocycles. The molecule has 0 N–H and O–H groups in total. The Hall–Kier alpha value is -3.32. The monoisotopic (exact) mass is 434 g/mol. The van der Waals surface area contributed by atoms with Crippen LogP contribution in [-0.4, -0.2) is 21.9 Å². The molecule has 0 aliphatic carbocycles. The number of hydrogen-bond acceptors (Lipinski definition) is 5. The highest BCUT2D eigenvalue weighted by atomic mass is 32.1. The lowest BCUT2D eigenvalue weighted by atomic mass is 10.0. The molecular formula is C24H26N4O2S. The molecule has 1 aromatic heterocycles. The first kappa shape index (κ1) is 22.4. The molecule has 7 heteroatoms. The molecule has 1 heterocycles. The van der Waals surface area contributed by atoms with Crippen LogP contribution in [0.15, 0.2) is 64.0 Å². The van der Waals surface area contributed by atoms with Crippen molar-refractivity contribution >= 4 is 22.7 Å². The van der Waals surface area contributed by atoms with Crippen LogP contribution in [0.5, 0.6) is 0 Å². The van der Waals surface area contributed by atoms with E-state index >= 15 is 0 Å². The number of aromatic nitrogens is 1. The highest BCUT2D eigenvalue weighted by molar-refractivity contribution is 7.07. The van der Waals surface area contributed by atoms with Crippen LogP contribution in [0.4, 0.5) is 5.69 Å². The average molecular weight is 435 g/mol. The smallest absolute Gasteiger partial charge is 0.258 e. The number of aryl methyl sites for hydroxylation is 3. The molecule has 31 heavy (non-hydrogen) atoms. The van der Waals surface area contributed by atoms with Crippen molar-refractivity contribution in [3.63, 3.8) is 0 Å². The second-order valence-electron chi connectivity index (χ2n) is 7.73. The van der Waals surface area contributed by atoms with E-state index in [-0.39, 0.29) is 10.6 Å². The van der Waals surface area contributed by atoms with Crippen molar-refractivity contribution in [2.24, 2.45) is 10.1 Å². The largest absolute Gasteiger partial charge is 0.272 e. The molecule has 160 valence electrons. The van der Waals surface area contributed by atoms with Crippen LogP contribution in [0, 0.1) is 30.9 Å². The Labute approximate surface area is 186 Å². The van der Waals surface area contributed by atoms with Crippen LogP contribution in [0.1, 0.15) is 36.1 Å². The molecular weight excluding hydrogens is 408 g/mol. The summed E-state index contributed by atoms with van der Waals surface area (Å²) in [6, 6.07) is 11.5. The Morgan fingerprint density at radius 3 is 2.45 bits per heavy atom. The maximum atomic E-state index is 11.4. The number of nitrogens with zero attached hydrogens (tertiary/aromatic N) is 4. The molecule has 0 aliphatic heterocycles. The molecule has 0 bridgehead atoms. The van der Waals surface area contributed by atoms with Crippen molar-refractivity contribution in [3.05, 3.63) is 91.1 Å². The van der Waals surface area contributed by atoms with E-state index in [0.717, 1.165) is 21.6 Å². The Morgan fingerprint density at radius 2 is 1.81 bits per heavy atom. The second kappa shape index (κ2) is 9.22. The molecule has 0 amide bonds. The third-order valence-electron chi connectivity index (χ3n) is 5.05. The number of rotatable bonds is 6. The Bertz CT molecular complexity index is 1260. The van der Waals surface area contributed by atoms with Gasteiger partial charge < -0.3 is 0 Å². The zero-order chi connectivity index (χ0) is 22.7. The van der Waals surface area contributed by atoms with Gasteiger partial charge >= 0.3 is 0 Å². The van der Waals surface area contributed by atoms with Gasteiger partial charge in [-0.1, -0.05) is 36.4 Å². The van der Waals surface area contributed by atoms with Gasteiger partial charge in [-0.2, -0.15) is 5.10 Å². The fraction of sp³-hybridized carbons (Fsp3) is 0.250. The van der Waals surface area contributed by atoms with Gasteiger partial charge in [-0.05, 0) is 51.8 Å². The van der Waals surface area contributed by atoms with Crippen molar-refractivity contribution in [2.45, 2.75) is 34.6 Å². The van der Waals surface area contributed by atoms with E-state index < -0.39 is 0 Å². The summed E-state index contributed by atoms with van der Waals surface area (Å²) in [6.07, 6.45) is 0. The molecule has 3 aromatic rings. The molecule has 2 aromatic carbocycles. The molecule has 0 saturated carbocycles. The molecule has 0 unspecified atom stereocenters. The van der Waals surface area contributed by atoms with Crippen LogP contribution in [0.3, 0.4) is 0 Å². The number of nitro groups is 1. The number of hydrogen-bond donors (Lipinski definition) is 0. The van der Waals surface area contributed by atoms with Crippen LogP contribution < -0.4 is 4.80 Å². The fourth-order valence-electron chi connectivity index (χ4n) is 3.04. The molecule has 0 fully saturated rings. The zero-order valence-corrected chi connectivity index (χ0v) is 19.3. The quantitative estimate of drug-likeness (QED) is 0.213. The van der Waals surface area contributed by atoms with Crippen molar-refractivity contribution < 1.29 is 4.92 Å². The first-order valence-electron chi connectivity index (χ1n) is 9.91. The molecule has 0 radical (unpaired) electrons. The summed E-state index contributed by atoms with van der Waals surface area (Å²) >= 11 is 1.51. The molecule has 0 atom stereocenters. The predicted molar refractivity (Wildman–Crippen MR) is 128 cm³/mol. The Balaban J connectivity index is 2.18. The average Bonchev–Trinajstić information content (AvgIpc) is 3.11. The van der Waals surface area contributed by atoms with Gasteiger partial charge in [0.25, 0.3) is 5.69 Å². The van der Waals surface area contributed by atoms with Gasteiger partial charge in [0.2, 0.25) is 4.80 Å². The van der Waals surface area contributed by atoms with Crippen molar-refractivity contribution in [3.8, 4) is 11.3 Å². The van der Waals surface area contributed by atoms with E-state index in [2.05, 4.69) is 43.6 Å². The molecule has 3 rings (SSSR count). The minimum absolute atomic E-state index is 0.0870. The summed E-state index contributed by atoms with van der Waals surface area (Å²) < 4.78 is 1.82. The minimum atomic E-state index is -0.363. The van der Waals surface area contributed by atoms with Gasteiger partial charge in [0.05, 0.1) is 22.9 Å². The van der Waals surface area contributed by atoms with Crippen LogP contribution in [-0.2, 0) is 0 Å². The highest BCUT2D eigenvalue weighted by Crippen LogP contribution is 2.24. The maximum Gasteiger partial charge on any atom is 0.272 e. The minimum Gasteiger partial charge on any atom is -0.258 e. The summed E-state index contributed by atoms with van der Waals surface area (Å²) in [5, 5.41) is 18.2. The highest BCUT2D eigenvalue weighted by Gasteiger charge is 2.14. The standard InChI is InChI=1S/C24H26N4O2S/c1-15(2)13-25-24-27(23(14-31-24)21-10-7-16(3)18(5)11-21)26-19(6)20-9-8-17(4)22(12-20)28(29)30/h7-12,14H,1,13H2,2-6H3. The van der Waals surface area contributed by atoms with Gasteiger partial charge in [-0.25, -0.2) is 4.68 Å². The summed E-state index contributed by atoms with van der Waals surface area (Å²) in [4.78, 5) is 16.4. The molecule has 0 spiro atoms. The summed E-state index contributed by atoms with van der Waals surface area (Å²) in [6.45, 7) is 14.1. The van der Waals surface area contributed by atoms with Crippen molar-refractivity contribution in [1.29, 1.82) is 0 Å². The summed E-state index contributed by atoms with van der Waals surface area (Å²) in [5.41, 5.74) is 7.44. The van der Waals surface area contributed by atoms with Crippen LogP contribution in [0.2, 0.25) is 0 Å². The molecule has 6 nitrogen and oxygen atoms in total. The molecule has 0 aliphatic rings. The van der Waals surface area contributed by atoms with Gasteiger partial charge in [0.1, 0.15) is 0 Å². The normalized spacial score (nSPS) is 12.3. The number of thiazole rings is 1. The van der Waals surface area contributed by atoms with Gasteiger partial charge in [0, 0.05) is 28.1 Å². The maximum absolute atomic E-state index is 11.4. The van der Waals surface area contributed by atoms with E-state index in [1.165, 1.54) is 22.5 Å². The van der Waals surface area contributed by atoms with E-state index in [9.17, 15) is 10.1 Å². The lowest BCUT2D eigenvalue weighted by Crippen LogP contribution is -2.15. The van der Waals surface area contributed by atoms with Crippen molar-refractivity contribution in [2.75, 3.05) is 6.54 Å². The Kier molecular flexibility index (Phi) is 6.65. The third kappa shape index (κ3) is 5.06. The van der Waals surface area contributed by atoms with Crippen LogP contribution in [0.25, 0.3) is 11.3 Å². The Morgan fingerprint density at radius 1 is 1.10 bits per heavy atom. The van der Waals surface area contributed by atoms with Crippen molar-refractivity contribution in [1.82, 2.24) is 4.68 Å². The zero-order valence-electron chi connectivity index (χ0n) is 18.5.